The molecule has 45 heavy (non-hydrogen) atoms. The molecule has 0 spiro atoms. The number of carbonyl (C=O) groups is 2. The van der Waals surface area contributed by atoms with Crippen molar-refractivity contribution < 1.29 is 37.0 Å². The third-order valence-electron chi connectivity index (χ3n) is 9.05. The van der Waals surface area contributed by atoms with Gasteiger partial charge < -0.3 is 24.4 Å². The lowest BCUT2D eigenvalue weighted by molar-refractivity contribution is -0.151. The van der Waals surface area contributed by atoms with Crippen LogP contribution in [-0.4, -0.2) is 93.0 Å². The lowest BCUT2D eigenvalue weighted by atomic mass is 9.91. The number of hydrogen-bond acceptors (Lipinski definition) is 8. The molecule has 0 bridgehead atoms. The van der Waals surface area contributed by atoms with Crippen LogP contribution in [-0.2, 0) is 24.3 Å². The molecule has 1 aromatic rings. The van der Waals surface area contributed by atoms with E-state index < -0.39 is 46.0 Å². The summed E-state index contributed by atoms with van der Waals surface area (Å²) in [6.45, 7) is 8.21. The molecule has 0 unspecified atom stereocenters. The third kappa shape index (κ3) is 9.84. The number of ether oxygens (including phenoxy) is 2. The Kier molecular flexibility index (Phi) is 12.2. The number of aliphatic hydroxyl groups is 1. The highest BCUT2D eigenvalue weighted by atomic mass is 32.2. The van der Waals surface area contributed by atoms with E-state index in [1.165, 1.54) is 18.2 Å². The molecule has 250 valence electrons. The van der Waals surface area contributed by atoms with Gasteiger partial charge in [-0.15, -0.1) is 0 Å². The number of carbonyl (C=O) groups excluding carboxylic acids is 2. The number of aliphatic hydroxyl groups excluding tert-OH is 1. The summed E-state index contributed by atoms with van der Waals surface area (Å²) in [7, 11) is -1.85. The van der Waals surface area contributed by atoms with Gasteiger partial charge in [-0.3, -0.25) is 4.79 Å². The maximum absolute atomic E-state index is 15.3. The molecule has 3 aliphatic rings. The number of benzene rings is 1. The maximum atomic E-state index is 15.3. The third-order valence-corrected chi connectivity index (χ3v) is 10.6. The zero-order chi connectivity index (χ0) is 32.7. The monoisotopic (exact) mass is 649 g/mol. The summed E-state index contributed by atoms with van der Waals surface area (Å²) in [6, 6.07) is 3.64. The van der Waals surface area contributed by atoms with E-state index in [0.717, 1.165) is 44.8 Å². The molecule has 0 radical (unpaired) electrons. The molecule has 1 aliphatic carbocycles. The fourth-order valence-corrected chi connectivity index (χ4v) is 7.40. The maximum Gasteiger partial charge on any atom is 0.410 e. The van der Waals surface area contributed by atoms with Crippen LogP contribution in [0.15, 0.2) is 40.8 Å². The molecule has 2 fully saturated rings. The Labute approximate surface area is 266 Å². The van der Waals surface area contributed by atoms with Gasteiger partial charge in [0, 0.05) is 43.7 Å². The smallest absolute Gasteiger partial charge is 0.410 e. The van der Waals surface area contributed by atoms with Crippen molar-refractivity contribution in [3.63, 3.8) is 0 Å². The minimum atomic E-state index is -3.86. The number of hydrogen-bond donors (Lipinski definition) is 2. The first-order chi connectivity index (χ1) is 21.3. The average molecular weight is 650 g/mol. The highest BCUT2D eigenvalue weighted by Crippen LogP contribution is 2.27. The van der Waals surface area contributed by atoms with Gasteiger partial charge in [-0.25, -0.2) is 22.3 Å². The first kappa shape index (κ1) is 35.1. The Hall–Kier alpha value is -2.80. The molecule has 0 aromatic heterocycles. The van der Waals surface area contributed by atoms with Crippen molar-refractivity contribution in [1.82, 2.24) is 14.5 Å². The minimum Gasteiger partial charge on any atom is -0.457 e. The normalized spacial score (nSPS) is 29.0. The highest BCUT2D eigenvalue weighted by molar-refractivity contribution is 7.89. The van der Waals surface area contributed by atoms with Crippen molar-refractivity contribution in [2.24, 2.45) is 11.8 Å². The zero-order valence-corrected chi connectivity index (χ0v) is 27.6. The van der Waals surface area contributed by atoms with E-state index in [9.17, 15) is 23.1 Å². The summed E-state index contributed by atoms with van der Waals surface area (Å²) in [5.41, 5.74) is 0.683. The average Bonchev–Trinajstić information content (AvgIpc) is 3.49. The first-order valence-corrected chi connectivity index (χ1v) is 17.5. The van der Waals surface area contributed by atoms with E-state index in [-0.39, 0.29) is 34.9 Å². The summed E-state index contributed by atoms with van der Waals surface area (Å²) >= 11 is 0. The largest absolute Gasteiger partial charge is 0.457 e. The van der Waals surface area contributed by atoms with Crippen molar-refractivity contribution in [3.05, 3.63) is 47.3 Å². The van der Waals surface area contributed by atoms with Gasteiger partial charge in [0.2, 0.25) is 10.0 Å². The molecule has 1 saturated carbocycles. The van der Waals surface area contributed by atoms with Crippen LogP contribution >= 0.6 is 0 Å². The Morgan fingerprint density at radius 1 is 1.09 bits per heavy atom. The fourth-order valence-electron chi connectivity index (χ4n) is 6.08. The summed E-state index contributed by atoms with van der Waals surface area (Å²) in [6.07, 6.45) is 6.63. The van der Waals surface area contributed by atoms with Gasteiger partial charge in [-0.05, 0) is 75.4 Å². The lowest BCUT2D eigenvalue weighted by Crippen LogP contribution is -2.48. The van der Waals surface area contributed by atoms with E-state index in [0.29, 0.717) is 31.5 Å². The van der Waals surface area contributed by atoms with E-state index in [2.05, 4.69) is 9.62 Å². The molecular formula is C33H48FN3O7S. The number of esters is 1. The Bertz CT molecular complexity index is 1350. The van der Waals surface area contributed by atoms with Crippen molar-refractivity contribution >= 4 is 28.2 Å². The molecule has 5 atom stereocenters. The fraction of sp³-hybridized carbons (Fsp3) is 0.636. The number of sulfonamides is 1. The van der Waals surface area contributed by atoms with E-state index >= 15 is 4.39 Å². The molecule has 10 nitrogen and oxygen atoms in total. The predicted octanol–water partition coefficient (Wildman–Crippen LogP) is 4.49. The number of halogens is 1. The summed E-state index contributed by atoms with van der Waals surface area (Å²) < 4.78 is 55.3. The Morgan fingerprint density at radius 3 is 2.44 bits per heavy atom. The summed E-state index contributed by atoms with van der Waals surface area (Å²) in [5, 5.41) is 10.6. The van der Waals surface area contributed by atoms with Crippen LogP contribution in [0.1, 0.15) is 71.3 Å². The second kappa shape index (κ2) is 15.7. The van der Waals surface area contributed by atoms with Gasteiger partial charge in [-0.1, -0.05) is 38.8 Å². The number of amides is 1. The van der Waals surface area contributed by atoms with Gasteiger partial charge in [0.15, 0.2) is 0 Å². The van der Waals surface area contributed by atoms with Crippen LogP contribution in [0.4, 0.5) is 9.18 Å². The molecule has 4 rings (SSSR count). The standard InChI is InChI=1S/C33H48FN3O7S/c1-22-9-12-27(38)20-31(39)44-32(23(2)10-14-30(22)43-33(40)37-17-15-36(4)16-18-37)24(3)19-25-11-13-28(21-29(25)34)45(41,42)35-26-7-5-6-8-26/h10-11,13-14,19,21-23,26-27,30,32,35,38H,5-9,12,15-18,20H2,1-4H3/b14-10+,24-19+/t22-,23-,27+,30-,32-/m0/s1. The predicted molar refractivity (Wildman–Crippen MR) is 169 cm³/mol. The molecule has 1 saturated heterocycles. The molecule has 2 aliphatic heterocycles. The zero-order valence-electron chi connectivity index (χ0n) is 26.8. The minimum absolute atomic E-state index is 0.114. The van der Waals surface area contributed by atoms with E-state index in [1.54, 1.807) is 11.8 Å². The van der Waals surface area contributed by atoms with E-state index in [4.69, 9.17) is 9.47 Å². The Balaban J connectivity index is 1.54. The highest BCUT2D eigenvalue weighted by Gasteiger charge is 2.29. The topological polar surface area (TPSA) is 125 Å². The van der Waals surface area contributed by atoms with Crippen molar-refractivity contribution in [3.8, 4) is 0 Å². The van der Waals surface area contributed by atoms with Crippen LogP contribution in [0, 0.1) is 17.7 Å². The second-order valence-electron chi connectivity index (χ2n) is 12.9. The summed E-state index contributed by atoms with van der Waals surface area (Å²) in [5.74, 6) is -1.80. The van der Waals surface area contributed by atoms with Crippen LogP contribution in [0.3, 0.4) is 0 Å². The van der Waals surface area contributed by atoms with Crippen molar-refractivity contribution in [2.45, 2.75) is 95.0 Å². The summed E-state index contributed by atoms with van der Waals surface area (Å²) in [4.78, 5) is 29.5. The van der Waals surface area contributed by atoms with Crippen molar-refractivity contribution in [2.75, 3.05) is 33.2 Å². The van der Waals surface area contributed by atoms with Crippen molar-refractivity contribution in [1.29, 1.82) is 0 Å². The second-order valence-corrected chi connectivity index (χ2v) is 14.6. The lowest BCUT2D eigenvalue weighted by Gasteiger charge is -2.33. The molecule has 1 amide bonds. The number of nitrogens with zero attached hydrogens (tertiary/aromatic N) is 2. The number of likely N-dealkylation sites (N-methyl/N-ethyl adjacent to an activating group) is 1. The van der Waals surface area contributed by atoms with Gasteiger partial charge in [0.25, 0.3) is 0 Å². The van der Waals surface area contributed by atoms with Crippen LogP contribution in [0.25, 0.3) is 6.08 Å². The van der Waals surface area contributed by atoms with E-state index in [1.807, 2.05) is 33.0 Å². The molecule has 2 heterocycles. The Morgan fingerprint density at radius 2 is 1.78 bits per heavy atom. The van der Waals surface area contributed by atoms with Gasteiger partial charge >= 0.3 is 12.1 Å². The number of piperazine rings is 1. The quantitative estimate of drug-likeness (QED) is 0.341. The number of rotatable bonds is 6. The van der Waals surface area contributed by atoms with Gasteiger partial charge in [0.05, 0.1) is 17.4 Å². The van der Waals surface area contributed by atoms with Gasteiger partial charge in [0.1, 0.15) is 18.0 Å². The SMILES string of the molecule is C/C(=C\c1ccc(S(=O)(=O)NC2CCCC2)cc1F)[C@H]1OC(=O)C[C@H](O)CC[C@H](C)[C@@H](OC(=O)N2CCN(C)CC2)/C=C/[C@@H]1C. The molecular weight excluding hydrogens is 601 g/mol. The number of nitrogens with one attached hydrogen (secondary N) is 1. The molecule has 2 N–H and O–H groups in total. The van der Waals surface area contributed by atoms with Crippen LogP contribution < -0.4 is 4.72 Å². The van der Waals surface area contributed by atoms with Gasteiger partial charge in [-0.2, -0.15) is 0 Å². The number of cyclic esters (lactones) is 1. The molecule has 1 aromatic carbocycles. The van der Waals surface area contributed by atoms with Crippen LogP contribution in [0.5, 0.6) is 0 Å². The first-order valence-electron chi connectivity index (χ1n) is 16.0. The molecule has 12 heteroatoms. The van der Waals surface area contributed by atoms with Crippen LogP contribution in [0.2, 0.25) is 0 Å².